The summed E-state index contributed by atoms with van der Waals surface area (Å²) >= 11 is 7.63. The zero-order chi connectivity index (χ0) is 30.6. The number of anilines is 1. The summed E-state index contributed by atoms with van der Waals surface area (Å²) in [5, 5.41) is 8.20. The van der Waals surface area contributed by atoms with Gasteiger partial charge < -0.3 is 19.5 Å². The van der Waals surface area contributed by atoms with Gasteiger partial charge in [-0.15, -0.1) is 11.3 Å². The molecule has 11 heteroatoms. The van der Waals surface area contributed by atoms with E-state index in [0.717, 1.165) is 36.6 Å². The molecule has 0 unspecified atom stereocenters. The lowest BCUT2D eigenvalue weighted by Gasteiger charge is -2.32. The molecule has 0 aliphatic carbocycles. The van der Waals surface area contributed by atoms with E-state index in [1.807, 2.05) is 72.9 Å². The molecule has 3 aromatic heterocycles. The van der Waals surface area contributed by atoms with Crippen molar-refractivity contribution >= 4 is 34.7 Å². The number of piperazine rings is 1. The van der Waals surface area contributed by atoms with Crippen LogP contribution >= 0.6 is 22.9 Å². The summed E-state index contributed by atoms with van der Waals surface area (Å²) in [5.74, 6) is 0.510. The molecule has 1 aliphatic heterocycles. The van der Waals surface area contributed by atoms with E-state index >= 15 is 0 Å². The van der Waals surface area contributed by atoms with Crippen LogP contribution in [-0.4, -0.2) is 70.4 Å². The maximum Gasteiger partial charge on any atom is 0.280 e. The highest BCUT2D eigenvalue weighted by atomic mass is 35.5. The number of aromatic nitrogens is 3. The maximum absolute atomic E-state index is 13.9. The summed E-state index contributed by atoms with van der Waals surface area (Å²) in [5.41, 5.74) is 2.86. The van der Waals surface area contributed by atoms with Crippen LogP contribution in [0.5, 0.6) is 5.75 Å². The lowest BCUT2D eigenvalue weighted by molar-refractivity contribution is 0.0947. The second-order valence-electron chi connectivity index (χ2n) is 10.7. The molecule has 0 saturated carbocycles. The van der Waals surface area contributed by atoms with Gasteiger partial charge in [-0.3, -0.25) is 14.5 Å². The fourth-order valence-electron chi connectivity index (χ4n) is 5.31. The molecular formula is C33H33ClN6O3S. The minimum Gasteiger partial charge on any atom is -0.491 e. The Labute approximate surface area is 264 Å². The lowest BCUT2D eigenvalue weighted by atomic mass is 10.0. The van der Waals surface area contributed by atoms with Crippen molar-refractivity contribution in [2.24, 2.45) is 0 Å². The largest absolute Gasteiger partial charge is 0.491 e. The van der Waals surface area contributed by atoms with Gasteiger partial charge in [0.15, 0.2) is 11.6 Å². The summed E-state index contributed by atoms with van der Waals surface area (Å²) in [6.45, 7) is 4.45. The lowest BCUT2D eigenvalue weighted by Crippen LogP contribution is -2.46. The quantitative estimate of drug-likeness (QED) is 0.227. The highest BCUT2D eigenvalue weighted by molar-refractivity contribution is 7.16. The normalized spacial score (nSPS) is 14.1. The van der Waals surface area contributed by atoms with E-state index in [9.17, 15) is 9.59 Å². The average Bonchev–Trinajstić information content (AvgIpc) is 3.65. The molecule has 0 bridgehead atoms. The van der Waals surface area contributed by atoms with Crippen molar-refractivity contribution in [3.8, 4) is 28.1 Å². The Balaban J connectivity index is 1.48. The van der Waals surface area contributed by atoms with Crippen molar-refractivity contribution in [1.82, 2.24) is 24.1 Å². The summed E-state index contributed by atoms with van der Waals surface area (Å²) in [6.07, 6.45) is 1.82. The number of pyridine rings is 1. The first-order chi connectivity index (χ1) is 21.4. The summed E-state index contributed by atoms with van der Waals surface area (Å²) in [7, 11) is 3.67. The van der Waals surface area contributed by atoms with Gasteiger partial charge in [-0.2, -0.15) is 9.78 Å². The second kappa shape index (κ2) is 13.2. The van der Waals surface area contributed by atoms with Gasteiger partial charge in [0.1, 0.15) is 5.69 Å². The van der Waals surface area contributed by atoms with Crippen LogP contribution in [0.15, 0.2) is 89.9 Å². The molecular weight excluding hydrogens is 596 g/mol. The monoisotopic (exact) mass is 628 g/mol. The van der Waals surface area contributed by atoms with Gasteiger partial charge >= 0.3 is 0 Å². The molecule has 226 valence electrons. The smallest absolute Gasteiger partial charge is 0.280 e. The predicted molar refractivity (Wildman–Crippen MR) is 176 cm³/mol. The van der Waals surface area contributed by atoms with Crippen LogP contribution in [0.25, 0.3) is 22.4 Å². The van der Waals surface area contributed by atoms with Crippen LogP contribution in [0, 0.1) is 0 Å². The molecule has 0 atom stereocenters. The van der Waals surface area contributed by atoms with Gasteiger partial charge in [0.2, 0.25) is 0 Å². The Morgan fingerprint density at radius 1 is 0.977 bits per heavy atom. The molecule has 1 aliphatic rings. The molecule has 5 aromatic rings. The van der Waals surface area contributed by atoms with Crippen molar-refractivity contribution in [3.63, 3.8) is 0 Å². The number of ether oxygens (including phenoxy) is 1. The van der Waals surface area contributed by atoms with E-state index in [1.54, 1.807) is 23.8 Å². The van der Waals surface area contributed by atoms with Crippen molar-refractivity contribution in [2.45, 2.75) is 13.2 Å². The maximum atomic E-state index is 13.9. The molecule has 4 heterocycles. The van der Waals surface area contributed by atoms with Gasteiger partial charge in [0.25, 0.3) is 11.5 Å². The topological polar surface area (TPSA) is 84.6 Å². The minimum atomic E-state index is -0.309. The van der Waals surface area contributed by atoms with E-state index in [2.05, 4.69) is 22.2 Å². The first kappa shape index (κ1) is 29.8. The highest BCUT2D eigenvalue weighted by Gasteiger charge is 2.26. The number of thiophene rings is 1. The van der Waals surface area contributed by atoms with Crippen molar-refractivity contribution in [3.05, 3.63) is 110 Å². The van der Waals surface area contributed by atoms with Gasteiger partial charge in [-0.1, -0.05) is 60.1 Å². The van der Waals surface area contributed by atoms with Crippen molar-refractivity contribution < 1.29 is 9.53 Å². The standard InChI is InChI=1S/C33H33ClN6O3S/c1-37-15-17-38(18-16-37)22-39-21-25(19-27(33(39)42)23-9-5-3-6-10-23)29-30(43-2)31(35-20-26-13-14-28(34)44-26)40(36-29)32(41)24-11-7-4-8-12-24/h3-14,19,21,35H,15-18,20,22H2,1-2H3. The summed E-state index contributed by atoms with van der Waals surface area (Å²) < 4.78 is 9.71. The molecule has 1 fully saturated rings. The first-order valence-corrected chi connectivity index (χ1v) is 15.6. The Hall–Kier alpha value is -4.22. The van der Waals surface area contributed by atoms with E-state index in [4.69, 9.17) is 21.4 Å². The van der Waals surface area contributed by atoms with Crippen LogP contribution in [0.2, 0.25) is 4.34 Å². The van der Waals surface area contributed by atoms with Gasteiger partial charge in [0, 0.05) is 53.9 Å². The van der Waals surface area contributed by atoms with Gasteiger partial charge in [-0.25, -0.2) is 0 Å². The Kier molecular flexibility index (Phi) is 8.94. The zero-order valence-corrected chi connectivity index (χ0v) is 26.1. The molecule has 2 aromatic carbocycles. The van der Waals surface area contributed by atoms with E-state index in [1.165, 1.54) is 16.0 Å². The number of carbonyl (C=O) groups is 1. The van der Waals surface area contributed by atoms with Gasteiger partial charge in [0.05, 0.1) is 24.7 Å². The van der Waals surface area contributed by atoms with Crippen molar-refractivity contribution in [1.29, 1.82) is 0 Å². The predicted octanol–water partition coefficient (Wildman–Crippen LogP) is 5.61. The second-order valence-corrected chi connectivity index (χ2v) is 12.5. The number of likely N-dealkylation sites (N-methyl/N-ethyl adjacent to an activating group) is 1. The number of hydrogen-bond donors (Lipinski definition) is 1. The highest BCUT2D eigenvalue weighted by Crippen LogP contribution is 2.38. The van der Waals surface area contributed by atoms with E-state index in [0.29, 0.717) is 51.5 Å². The average molecular weight is 629 g/mol. The summed E-state index contributed by atoms with van der Waals surface area (Å²) in [4.78, 5) is 33.2. The molecule has 0 spiro atoms. The van der Waals surface area contributed by atoms with E-state index < -0.39 is 0 Å². The number of nitrogens with zero attached hydrogens (tertiary/aromatic N) is 5. The number of carbonyl (C=O) groups excluding carboxylic acids is 1. The fraction of sp³-hybridized carbons (Fsp3) is 0.242. The molecule has 1 saturated heterocycles. The third kappa shape index (κ3) is 6.34. The fourth-order valence-corrected chi connectivity index (χ4v) is 6.34. The third-order valence-electron chi connectivity index (χ3n) is 7.71. The van der Waals surface area contributed by atoms with Crippen LogP contribution in [0.4, 0.5) is 5.82 Å². The van der Waals surface area contributed by atoms with Crippen LogP contribution in [0.1, 0.15) is 15.2 Å². The van der Waals surface area contributed by atoms with Crippen LogP contribution in [0.3, 0.4) is 0 Å². The zero-order valence-electron chi connectivity index (χ0n) is 24.6. The van der Waals surface area contributed by atoms with Crippen LogP contribution in [-0.2, 0) is 13.2 Å². The Bertz CT molecular complexity index is 1810. The first-order valence-electron chi connectivity index (χ1n) is 14.4. The SMILES string of the molecule is COc1c(-c2cc(-c3ccccc3)c(=O)n(CN3CCN(C)CC3)c2)nn(C(=O)c2ccccc2)c1NCc1ccc(Cl)s1. The molecule has 6 rings (SSSR count). The molecule has 0 radical (unpaired) electrons. The number of benzene rings is 2. The number of halogens is 1. The van der Waals surface area contributed by atoms with Crippen LogP contribution < -0.4 is 15.6 Å². The molecule has 0 amide bonds. The Morgan fingerprint density at radius 3 is 2.34 bits per heavy atom. The van der Waals surface area contributed by atoms with Crippen molar-refractivity contribution in [2.75, 3.05) is 45.7 Å². The number of rotatable bonds is 9. The molecule has 44 heavy (non-hydrogen) atoms. The third-order valence-corrected chi connectivity index (χ3v) is 8.94. The van der Waals surface area contributed by atoms with E-state index in [-0.39, 0.29) is 11.5 Å². The molecule has 9 nitrogen and oxygen atoms in total. The molecule has 1 N–H and O–H groups in total. The number of methoxy groups -OCH3 is 1. The number of hydrogen-bond acceptors (Lipinski definition) is 8. The Morgan fingerprint density at radius 2 is 1.68 bits per heavy atom. The minimum absolute atomic E-state index is 0.0921. The van der Waals surface area contributed by atoms with Gasteiger partial charge in [-0.05, 0) is 42.9 Å². The number of nitrogens with one attached hydrogen (secondary N) is 1. The summed E-state index contributed by atoms with van der Waals surface area (Å²) in [6, 6.07) is 24.2.